The first kappa shape index (κ1) is 12.0. The van der Waals surface area contributed by atoms with Crippen LogP contribution in [0.4, 0.5) is 0 Å². The van der Waals surface area contributed by atoms with Crippen LogP contribution >= 0.6 is 0 Å². The summed E-state index contributed by atoms with van der Waals surface area (Å²) >= 11 is 0. The number of Topliss-reactive ketones (excluding diaryl/α,β-unsaturated/α-hetero) is 1. The molecule has 1 heterocycles. The number of hydrogen-bond donors (Lipinski definition) is 1. The SMILES string of the molecule is CC(=O)c1ccccc1-c1cncc(C(=O)O)c1. The molecule has 0 aliphatic rings. The Bertz CT molecular complexity index is 620. The van der Waals surface area contributed by atoms with Gasteiger partial charge in [-0.3, -0.25) is 9.78 Å². The predicted octanol–water partition coefficient (Wildman–Crippen LogP) is 2.65. The zero-order valence-corrected chi connectivity index (χ0v) is 9.75. The fraction of sp³-hybridized carbons (Fsp3) is 0.0714. The predicted molar refractivity (Wildman–Crippen MR) is 66.6 cm³/mol. The van der Waals surface area contributed by atoms with Crippen molar-refractivity contribution in [3.8, 4) is 11.1 Å². The van der Waals surface area contributed by atoms with Gasteiger partial charge in [0.05, 0.1) is 5.56 Å². The number of carbonyl (C=O) groups is 2. The van der Waals surface area contributed by atoms with Gasteiger partial charge in [-0.1, -0.05) is 24.3 Å². The summed E-state index contributed by atoms with van der Waals surface area (Å²) in [5, 5.41) is 8.93. The second-order valence-corrected chi connectivity index (χ2v) is 3.87. The molecule has 4 heteroatoms. The molecule has 2 aromatic rings. The minimum atomic E-state index is -1.04. The molecule has 1 aromatic carbocycles. The molecule has 0 aliphatic heterocycles. The smallest absolute Gasteiger partial charge is 0.337 e. The quantitative estimate of drug-likeness (QED) is 0.839. The molecule has 2 rings (SSSR count). The second kappa shape index (κ2) is 4.79. The van der Waals surface area contributed by atoms with Crippen LogP contribution in [0.25, 0.3) is 11.1 Å². The van der Waals surface area contributed by atoms with Crippen molar-refractivity contribution in [2.24, 2.45) is 0 Å². The molecule has 0 bridgehead atoms. The number of pyridine rings is 1. The zero-order valence-electron chi connectivity index (χ0n) is 9.75. The van der Waals surface area contributed by atoms with Gasteiger partial charge in [0.25, 0.3) is 0 Å². The summed E-state index contributed by atoms with van der Waals surface area (Å²) in [6, 6.07) is 8.57. The van der Waals surface area contributed by atoms with Crippen molar-refractivity contribution < 1.29 is 14.7 Å². The second-order valence-electron chi connectivity index (χ2n) is 3.87. The van der Waals surface area contributed by atoms with E-state index in [2.05, 4.69) is 4.98 Å². The Morgan fingerprint density at radius 1 is 1.17 bits per heavy atom. The monoisotopic (exact) mass is 241 g/mol. The Morgan fingerprint density at radius 2 is 1.89 bits per heavy atom. The van der Waals surface area contributed by atoms with Gasteiger partial charge >= 0.3 is 5.97 Å². The van der Waals surface area contributed by atoms with Gasteiger partial charge in [-0.2, -0.15) is 0 Å². The fourth-order valence-corrected chi connectivity index (χ4v) is 1.75. The normalized spacial score (nSPS) is 10.1. The molecule has 4 nitrogen and oxygen atoms in total. The molecule has 0 amide bonds. The molecule has 0 saturated carbocycles. The molecule has 0 spiro atoms. The summed E-state index contributed by atoms with van der Waals surface area (Å²) in [7, 11) is 0. The first-order valence-corrected chi connectivity index (χ1v) is 5.38. The van der Waals surface area contributed by atoms with Crippen LogP contribution in [0, 0.1) is 0 Å². The zero-order chi connectivity index (χ0) is 13.1. The number of aromatic carboxylic acids is 1. The van der Waals surface area contributed by atoms with Gasteiger partial charge in [0.15, 0.2) is 5.78 Å². The summed E-state index contributed by atoms with van der Waals surface area (Å²) in [6.07, 6.45) is 2.83. The highest BCUT2D eigenvalue weighted by atomic mass is 16.4. The summed E-state index contributed by atoms with van der Waals surface area (Å²) < 4.78 is 0. The van der Waals surface area contributed by atoms with E-state index in [-0.39, 0.29) is 11.3 Å². The van der Waals surface area contributed by atoms with Crippen molar-refractivity contribution in [1.82, 2.24) is 4.98 Å². The molecule has 0 radical (unpaired) electrons. The van der Waals surface area contributed by atoms with E-state index in [4.69, 9.17) is 5.11 Å². The van der Waals surface area contributed by atoms with Crippen LogP contribution in [0.2, 0.25) is 0 Å². The standard InChI is InChI=1S/C14H11NO3/c1-9(16)12-4-2-3-5-13(12)10-6-11(14(17)18)8-15-7-10/h2-8H,1H3,(H,17,18). The van der Waals surface area contributed by atoms with Crippen molar-refractivity contribution in [1.29, 1.82) is 0 Å². The van der Waals surface area contributed by atoms with Crippen molar-refractivity contribution in [2.45, 2.75) is 6.92 Å². The maximum atomic E-state index is 11.5. The molecular formula is C14H11NO3. The van der Waals surface area contributed by atoms with Gasteiger partial charge in [-0.15, -0.1) is 0 Å². The van der Waals surface area contributed by atoms with Crippen LogP contribution in [0.1, 0.15) is 27.6 Å². The highest BCUT2D eigenvalue weighted by Crippen LogP contribution is 2.24. The van der Waals surface area contributed by atoms with Crippen LogP contribution in [0.5, 0.6) is 0 Å². The minimum absolute atomic E-state index is 0.0636. The van der Waals surface area contributed by atoms with Crippen molar-refractivity contribution in [3.05, 3.63) is 53.9 Å². The minimum Gasteiger partial charge on any atom is -0.478 e. The number of hydrogen-bond acceptors (Lipinski definition) is 3. The van der Waals surface area contributed by atoms with Gasteiger partial charge in [-0.25, -0.2) is 4.79 Å². The number of carboxylic acids is 1. The van der Waals surface area contributed by atoms with E-state index in [0.29, 0.717) is 16.7 Å². The van der Waals surface area contributed by atoms with Gasteiger partial charge in [0, 0.05) is 23.5 Å². The average molecular weight is 241 g/mol. The Balaban J connectivity index is 2.58. The molecule has 0 aliphatic carbocycles. The van der Waals surface area contributed by atoms with Crippen LogP contribution in [-0.2, 0) is 0 Å². The lowest BCUT2D eigenvalue weighted by atomic mass is 9.98. The van der Waals surface area contributed by atoms with Gasteiger partial charge in [0.1, 0.15) is 0 Å². The molecule has 90 valence electrons. The topological polar surface area (TPSA) is 67.3 Å². The number of carboxylic acid groups (broad SMARTS) is 1. The number of benzene rings is 1. The van der Waals surface area contributed by atoms with E-state index in [1.165, 1.54) is 19.2 Å². The molecule has 0 saturated heterocycles. The van der Waals surface area contributed by atoms with E-state index >= 15 is 0 Å². The lowest BCUT2D eigenvalue weighted by Gasteiger charge is -2.07. The maximum absolute atomic E-state index is 11.5. The van der Waals surface area contributed by atoms with Gasteiger partial charge in [0.2, 0.25) is 0 Å². The number of nitrogens with zero attached hydrogens (tertiary/aromatic N) is 1. The lowest BCUT2D eigenvalue weighted by Crippen LogP contribution is -1.99. The van der Waals surface area contributed by atoms with Crippen molar-refractivity contribution >= 4 is 11.8 Å². The van der Waals surface area contributed by atoms with Crippen LogP contribution in [0.15, 0.2) is 42.7 Å². The fourth-order valence-electron chi connectivity index (χ4n) is 1.75. The summed E-state index contributed by atoms with van der Waals surface area (Å²) in [6.45, 7) is 1.48. The third kappa shape index (κ3) is 2.27. The third-order valence-electron chi connectivity index (χ3n) is 2.60. The highest BCUT2D eigenvalue weighted by Gasteiger charge is 2.11. The third-order valence-corrected chi connectivity index (χ3v) is 2.60. The molecule has 0 fully saturated rings. The lowest BCUT2D eigenvalue weighted by molar-refractivity contribution is 0.0696. The Labute approximate surface area is 104 Å². The van der Waals surface area contributed by atoms with E-state index in [1.54, 1.807) is 30.5 Å². The largest absolute Gasteiger partial charge is 0.478 e. The van der Waals surface area contributed by atoms with E-state index < -0.39 is 5.97 Å². The maximum Gasteiger partial charge on any atom is 0.337 e. The molecule has 0 unspecified atom stereocenters. The van der Waals surface area contributed by atoms with Gasteiger partial charge in [-0.05, 0) is 18.6 Å². The Morgan fingerprint density at radius 3 is 2.56 bits per heavy atom. The first-order chi connectivity index (χ1) is 8.59. The summed E-state index contributed by atoms with van der Waals surface area (Å²) in [4.78, 5) is 26.3. The van der Waals surface area contributed by atoms with E-state index in [1.807, 2.05) is 0 Å². The highest BCUT2D eigenvalue weighted by molar-refractivity contribution is 6.01. The molecule has 18 heavy (non-hydrogen) atoms. The molecule has 0 atom stereocenters. The first-order valence-electron chi connectivity index (χ1n) is 5.38. The van der Waals surface area contributed by atoms with Gasteiger partial charge < -0.3 is 5.11 Å². The molecule has 1 N–H and O–H groups in total. The number of ketones is 1. The van der Waals surface area contributed by atoms with Crippen molar-refractivity contribution in [2.75, 3.05) is 0 Å². The van der Waals surface area contributed by atoms with Crippen molar-refractivity contribution in [3.63, 3.8) is 0 Å². The number of carbonyl (C=O) groups excluding carboxylic acids is 1. The van der Waals surface area contributed by atoms with Crippen LogP contribution in [-0.4, -0.2) is 21.8 Å². The van der Waals surface area contributed by atoms with Crippen LogP contribution < -0.4 is 0 Å². The molecule has 1 aromatic heterocycles. The summed E-state index contributed by atoms with van der Waals surface area (Å²) in [5.74, 6) is -1.10. The average Bonchev–Trinajstić information content (AvgIpc) is 2.39. The van der Waals surface area contributed by atoms with E-state index in [9.17, 15) is 9.59 Å². The summed E-state index contributed by atoms with van der Waals surface area (Å²) in [5.41, 5.74) is 1.98. The Hall–Kier alpha value is -2.49. The number of aromatic nitrogens is 1. The molecular weight excluding hydrogens is 230 g/mol. The van der Waals surface area contributed by atoms with Crippen LogP contribution in [0.3, 0.4) is 0 Å². The number of rotatable bonds is 3. The Kier molecular flexibility index (Phi) is 3.19. The van der Waals surface area contributed by atoms with E-state index in [0.717, 1.165) is 0 Å².